The van der Waals surface area contributed by atoms with Gasteiger partial charge in [-0.15, -0.1) is 0 Å². The summed E-state index contributed by atoms with van der Waals surface area (Å²) in [6, 6.07) is 12.4. The number of pyridine rings is 1. The van der Waals surface area contributed by atoms with Crippen LogP contribution in [0.2, 0.25) is 5.15 Å². The average Bonchev–Trinajstić information content (AvgIpc) is 2.85. The van der Waals surface area contributed by atoms with E-state index in [1.54, 1.807) is 6.07 Å². The zero-order chi connectivity index (χ0) is 13.4. The summed E-state index contributed by atoms with van der Waals surface area (Å²) >= 11 is 5.84. The van der Waals surface area contributed by atoms with Gasteiger partial charge < -0.3 is 10.1 Å². The minimum absolute atomic E-state index is 0.0365. The van der Waals surface area contributed by atoms with E-state index in [-0.39, 0.29) is 5.75 Å². The molecule has 0 fully saturated rings. The van der Waals surface area contributed by atoms with Crippen molar-refractivity contribution in [3.63, 3.8) is 0 Å². The van der Waals surface area contributed by atoms with Crippen LogP contribution >= 0.6 is 11.6 Å². The summed E-state index contributed by atoms with van der Waals surface area (Å²) < 4.78 is 0. The molecule has 0 bridgehead atoms. The van der Waals surface area contributed by atoms with Gasteiger partial charge >= 0.3 is 0 Å². The molecule has 0 spiro atoms. The number of nitrogens with zero attached hydrogens (tertiary/aromatic N) is 2. The molecule has 0 radical (unpaired) electrons. The van der Waals surface area contributed by atoms with Crippen molar-refractivity contribution < 1.29 is 5.11 Å². The molecule has 3 aromatic rings. The normalized spacial score (nSPS) is 10.5. The number of benzene rings is 1. The summed E-state index contributed by atoms with van der Waals surface area (Å²) in [4.78, 5) is 7.19. The molecule has 2 heterocycles. The molecular formula is C14H8ClN3O. The van der Waals surface area contributed by atoms with Crippen LogP contribution in [0.5, 0.6) is 5.75 Å². The molecule has 0 aliphatic heterocycles. The highest BCUT2D eigenvalue weighted by molar-refractivity contribution is 6.29. The molecule has 0 atom stereocenters. The number of H-pyrrole nitrogens is 1. The number of aromatic hydroxyl groups is 1. The van der Waals surface area contributed by atoms with Crippen LogP contribution in [0.15, 0.2) is 36.4 Å². The van der Waals surface area contributed by atoms with E-state index >= 15 is 0 Å². The highest BCUT2D eigenvalue weighted by Crippen LogP contribution is 2.31. The lowest BCUT2D eigenvalue weighted by Gasteiger charge is -2.01. The summed E-state index contributed by atoms with van der Waals surface area (Å²) in [7, 11) is 0. The van der Waals surface area contributed by atoms with E-state index in [1.165, 1.54) is 12.1 Å². The number of aromatic nitrogens is 2. The molecule has 2 N–H and O–H groups in total. The summed E-state index contributed by atoms with van der Waals surface area (Å²) in [6.07, 6.45) is 0. The van der Waals surface area contributed by atoms with Gasteiger partial charge in [0.2, 0.25) is 0 Å². The highest BCUT2D eigenvalue weighted by Gasteiger charge is 2.11. The van der Waals surface area contributed by atoms with E-state index in [4.69, 9.17) is 16.9 Å². The Morgan fingerprint density at radius 3 is 2.89 bits per heavy atom. The topological polar surface area (TPSA) is 72.7 Å². The fourth-order valence-electron chi connectivity index (χ4n) is 2.00. The molecule has 19 heavy (non-hydrogen) atoms. The van der Waals surface area contributed by atoms with Crippen LogP contribution in [0, 0.1) is 11.3 Å². The van der Waals surface area contributed by atoms with Gasteiger partial charge in [-0.2, -0.15) is 5.26 Å². The van der Waals surface area contributed by atoms with Gasteiger partial charge in [0.15, 0.2) is 0 Å². The molecule has 2 aromatic heterocycles. The van der Waals surface area contributed by atoms with E-state index in [0.717, 1.165) is 10.9 Å². The lowest BCUT2D eigenvalue weighted by molar-refractivity contribution is 0.475. The van der Waals surface area contributed by atoms with Gasteiger partial charge in [0.05, 0.1) is 16.8 Å². The number of nitriles is 1. The van der Waals surface area contributed by atoms with Crippen molar-refractivity contribution in [3.05, 3.63) is 47.1 Å². The van der Waals surface area contributed by atoms with E-state index < -0.39 is 0 Å². The monoisotopic (exact) mass is 269 g/mol. The smallest absolute Gasteiger partial charge is 0.143 e. The maximum Gasteiger partial charge on any atom is 0.143 e. The molecular weight excluding hydrogens is 262 g/mol. The van der Waals surface area contributed by atoms with Gasteiger partial charge in [-0.05, 0) is 24.3 Å². The van der Waals surface area contributed by atoms with Crippen LogP contribution in [0.25, 0.3) is 22.3 Å². The van der Waals surface area contributed by atoms with E-state index in [2.05, 4.69) is 16.0 Å². The predicted octanol–water partition coefficient (Wildman–Crippen LogP) is 3.46. The summed E-state index contributed by atoms with van der Waals surface area (Å²) in [5.74, 6) is 0.0365. The first kappa shape index (κ1) is 11.6. The van der Waals surface area contributed by atoms with Crippen molar-refractivity contribution in [2.24, 2.45) is 0 Å². The van der Waals surface area contributed by atoms with Crippen molar-refractivity contribution in [1.82, 2.24) is 9.97 Å². The molecule has 1 aromatic carbocycles. The quantitative estimate of drug-likeness (QED) is 0.665. The van der Waals surface area contributed by atoms with Crippen LogP contribution in [-0.2, 0) is 0 Å². The lowest BCUT2D eigenvalue weighted by Crippen LogP contribution is -1.85. The van der Waals surface area contributed by atoms with Crippen molar-refractivity contribution in [2.45, 2.75) is 0 Å². The van der Waals surface area contributed by atoms with E-state index in [0.29, 0.717) is 22.1 Å². The molecule has 0 saturated heterocycles. The molecule has 0 amide bonds. The molecule has 0 aliphatic rings. The number of fused-ring (bicyclic) bond motifs is 1. The first-order chi connectivity index (χ1) is 9.19. The van der Waals surface area contributed by atoms with E-state index in [1.807, 2.05) is 18.2 Å². The predicted molar refractivity (Wildman–Crippen MR) is 72.9 cm³/mol. The molecule has 0 aliphatic carbocycles. The Morgan fingerprint density at radius 1 is 1.26 bits per heavy atom. The molecule has 5 heteroatoms. The molecule has 0 unspecified atom stereocenters. The molecule has 4 nitrogen and oxygen atoms in total. The summed E-state index contributed by atoms with van der Waals surface area (Å²) in [6.45, 7) is 0. The Labute approximate surface area is 113 Å². The van der Waals surface area contributed by atoms with Crippen LogP contribution in [0.1, 0.15) is 5.56 Å². The fourth-order valence-corrected chi connectivity index (χ4v) is 2.15. The van der Waals surface area contributed by atoms with Gasteiger partial charge in [-0.3, -0.25) is 0 Å². The SMILES string of the molecule is N#Cc1cccc2cc(-c3nc(Cl)ccc3O)[nH]c12. The Morgan fingerprint density at radius 2 is 2.11 bits per heavy atom. The second-order valence-electron chi connectivity index (χ2n) is 4.07. The van der Waals surface area contributed by atoms with Gasteiger partial charge in [0, 0.05) is 5.39 Å². The second kappa shape index (κ2) is 4.30. The third-order valence-electron chi connectivity index (χ3n) is 2.87. The number of rotatable bonds is 1. The number of aromatic amines is 1. The molecule has 0 saturated carbocycles. The van der Waals surface area contributed by atoms with Crippen LogP contribution in [0.4, 0.5) is 0 Å². The minimum Gasteiger partial charge on any atom is -0.506 e. The number of hydrogen-bond donors (Lipinski definition) is 2. The number of nitrogens with one attached hydrogen (secondary N) is 1. The zero-order valence-corrected chi connectivity index (χ0v) is 10.4. The Balaban J connectivity index is 2.27. The van der Waals surface area contributed by atoms with Gasteiger partial charge in [-0.1, -0.05) is 23.7 Å². The van der Waals surface area contributed by atoms with Crippen molar-refractivity contribution in [1.29, 1.82) is 5.26 Å². The number of hydrogen-bond acceptors (Lipinski definition) is 3. The number of halogens is 1. The van der Waals surface area contributed by atoms with Crippen molar-refractivity contribution in [3.8, 4) is 23.2 Å². The Kier molecular flexibility index (Phi) is 2.62. The second-order valence-corrected chi connectivity index (χ2v) is 4.45. The summed E-state index contributed by atoms with van der Waals surface area (Å²) in [5.41, 5.74) is 2.26. The highest BCUT2D eigenvalue weighted by atomic mass is 35.5. The largest absolute Gasteiger partial charge is 0.506 e. The minimum atomic E-state index is 0.0365. The first-order valence-corrected chi connectivity index (χ1v) is 5.94. The average molecular weight is 270 g/mol. The van der Waals surface area contributed by atoms with Gasteiger partial charge in [-0.25, -0.2) is 4.98 Å². The standard InChI is InChI=1S/C14H8ClN3O/c15-12-5-4-11(19)14(18-12)10-6-8-2-1-3-9(7-16)13(8)17-10/h1-6,17,19H. The van der Waals surface area contributed by atoms with E-state index in [9.17, 15) is 5.11 Å². The van der Waals surface area contributed by atoms with Gasteiger partial charge in [0.1, 0.15) is 22.7 Å². The van der Waals surface area contributed by atoms with Gasteiger partial charge in [0.25, 0.3) is 0 Å². The van der Waals surface area contributed by atoms with Crippen LogP contribution in [0.3, 0.4) is 0 Å². The van der Waals surface area contributed by atoms with Crippen LogP contribution < -0.4 is 0 Å². The van der Waals surface area contributed by atoms with Crippen molar-refractivity contribution in [2.75, 3.05) is 0 Å². The maximum absolute atomic E-state index is 9.83. The third kappa shape index (κ3) is 1.90. The zero-order valence-electron chi connectivity index (χ0n) is 9.68. The fraction of sp³-hybridized carbons (Fsp3) is 0. The first-order valence-electron chi connectivity index (χ1n) is 5.57. The van der Waals surface area contributed by atoms with Crippen molar-refractivity contribution >= 4 is 22.5 Å². The maximum atomic E-state index is 9.83. The van der Waals surface area contributed by atoms with Crippen LogP contribution in [-0.4, -0.2) is 15.1 Å². The Hall–Kier alpha value is -2.51. The third-order valence-corrected chi connectivity index (χ3v) is 3.08. The Bertz CT molecular complexity index is 817. The lowest BCUT2D eigenvalue weighted by atomic mass is 10.1. The number of para-hydroxylation sites is 1. The molecule has 92 valence electrons. The molecule has 3 rings (SSSR count). The summed E-state index contributed by atoms with van der Waals surface area (Å²) in [5, 5.41) is 20.1.